The summed E-state index contributed by atoms with van der Waals surface area (Å²) < 4.78 is 0.350. The SMILES string of the molecule is CN=C(NCc1ccccn1)NCC1(C)CCCS1.I. The fraction of sp³-hybridized carbons (Fsp3) is 0.571. The highest BCUT2D eigenvalue weighted by Gasteiger charge is 2.29. The van der Waals surface area contributed by atoms with E-state index in [0.717, 1.165) is 18.2 Å². The Morgan fingerprint density at radius 2 is 2.30 bits per heavy atom. The van der Waals surface area contributed by atoms with E-state index in [1.54, 1.807) is 7.05 Å². The van der Waals surface area contributed by atoms with Gasteiger partial charge in [-0.2, -0.15) is 11.8 Å². The van der Waals surface area contributed by atoms with Gasteiger partial charge in [0.25, 0.3) is 0 Å². The number of hydrogen-bond acceptors (Lipinski definition) is 3. The quantitative estimate of drug-likeness (QED) is 0.459. The second kappa shape index (κ2) is 8.71. The van der Waals surface area contributed by atoms with E-state index in [1.165, 1.54) is 18.6 Å². The van der Waals surface area contributed by atoms with E-state index in [4.69, 9.17) is 0 Å². The number of pyridine rings is 1. The van der Waals surface area contributed by atoms with Gasteiger partial charge in [-0.1, -0.05) is 6.07 Å². The first-order chi connectivity index (χ1) is 9.22. The number of hydrogen-bond donors (Lipinski definition) is 2. The topological polar surface area (TPSA) is 49.3 Å². The average Bonchev–Trinajstić information content (AvgIpc) is 2.87. The summed E-state index contributed by atoms with van der Waals surface area (Å²) in [5, 5.41) is 6.71. The van der Waals surface area contributed by atoms with Crippen LogP contribution in [0.4, 0.5) is 0 Å². The smallest absolute Gasteiger partial charge is 0.191 e. The summed E-state index contributed by atoms with van der Waals surface area (Å²) in [5.41, 5.74) is 1.02. The summed E-state index contributed by atoms with van der Waals surface area (Å²) in [5.74, 6) is 2.12. The van der Waals surface area contributed by atoms with Crippen LogP contribution in [0.5, 0.6) is 0 Å². The van der Waals surface area contributed by atoms with Gasteiger partial charge in [0.05, 0.1) is 12.2 Å². The molecule has 6 heteroatoms. The number of aliphatic imine (C=N–C) groups is 1. The van der Waals surface area contributed by atoms with Crippen LogP contribution in [0.25, 0.3) is 0 Å². The first kappa shape index (κ1) is 17.6. The van der Waals surface area contributed by atoms with Crippen molar-refractivity contribution in [3.63, 3.8) is 0 Å². The predicted octanol–water partition coefficient (Wildman–Crippen LogP) is 2.65. The zero-order valence-corrected chi connectivity index (χ0v) is 15.2. The molecule has 1 aromatic rings. The van der Waals surface area contributed by atoms with E-state index in [2.05, 4.69) is 39.3 Å². The Morgan fingerprint density at radius 1 is 1.45 bits per heavy atom. The van der Waals surface area contributed by atoms with Crippen LogP contribution in [-0.4, -0.2) is 35.0 Å². The first-order valence-corrected chi connectivity index (χ1v) is 7.69. The van der Waals surface area contributed by atoms with Crippen LogP contribution in [0.3, 0.4) is 0 Å². The van der Waals surface area contributed by atoms with Crippen LogP contribution in [0.15, 0.2) is 29.4 Å². The number of nitrogens with zero attached hydrogens (tertiary/aromatic N) is 2. The average molecular weight is 406 g/mol. The molecular weight excluding hydrogens is 383 g/mol. The van der Waals surface area contributed by atoms with E-state index in [1.807, 2.05) is 24.4 Å². The van der Waals surface area contributed by atoms with Crippen molar-refractivity contribution in [1.82, 2.24) is 15.6 Å². The van der Waals surface area contributed by atoms with Crippen molar-refractivity contribution in [2.45, 2.75) is 31.1 Å². The standard InChI is InChI=1S/C14H22N4S.HI/c1-14(7-5-9-19-14)11-18-13(15-2)17-10-12-6-3-4-8-16-12;/h3-4,6,8H,5,7,9-11H2,1-2H3,(H2,15,17,18);1H. The lowest BCUT2D eigenvalue weighted by Gasteiger charge is -2.24. The molecule has 2 rings (SSSR count). The minimum absolute atomic E-state index is 0. The van der Waals surface area contributed by atoms with Gasteiger partial charge in [-0.15, -0.1) is 24.0 Å². The van der Waals surface area contributed by atoms with E-state index >= 15 is 0 Å². The highest BCUT2D eigenvalue weighted by molar-refractivity contribution is 14.0. The largest absolute Gasteiger partial charge is 0.355 e. The van der Waals surface area contributed by atoms with Crippen LogP contribution in [0.2, 0.25) is 0 Å². The number of guanidine groups is 1. The van der Waals surface area contributed by atoms with E-state index in [0.29, 0.717) is 11.3 Å². The molecule has 1 fully saturated rings. The van der Waals surface area contributed by atoms with E-state index in [9.17, 15) is 0 Å². The molecule has 0 aromatic carbocycles. The van der Waals surface area contributed by atoms with Gasteiger partial charge >= 0.3 is 0 Å². The summed E-state index contributed by atoms with van der Waals surface area (Å²) >= 11 is 2.05. The summed E-state index contributed by atoms with van der Waals surface area (Å²) in [6.07, 6.45) is 4.41. The molecule has 20 heavy (non-hydrogen) atoms. The highest BCUT2D eigenvalue weighted by atomic mass is 127. The minimum Gasteiger partial charge on any atom is -0.355 e. The van der Waals surface area contributed by atoms with Gasteiger partial charge in [0, 0.05) is 24.5 Å². The van der Waals surface area contributed by atoms with Gasteiger partial charge in [0.2, 0.25) is 0 Å². The number of nitrogens with one attached hydrogen (secondary N) is 2. The fourth-order valence-corrected chi connectivity index (χ4v) is 3.39. The third kappa shape index (κ3) is 5.47. The molecule has 1 atom stereocenters. The van der Waals surface area contributed by atoms with Crippen LogP contribution < -0.4 is 10.6 Å². The lowest BCUT2D eigenvalue weighted by molar-refractivity contribution is 0.584. The molecule has 0 aliphatic carbocycles. The monoisotopic (exact) mass is 406 g/mol. The molecule has 1 aromatic heterocycles. The van der Waals surface area contributed by atoms with Crippen LogP contribution in [0, 0.1) is 0 Å². The van der Waals surface area contributed by atoms with Crippen molar-refractivity contribution >= 4 is 41.7 Å². The van der Waals surface area contributed by atoms with Gasteiger partial charge in [-0.3, -0.25) is 9.98 Å². The van der Waals surface area contributed by atoms with Gasteiger partial charge in [-0.25, -0.2) is 0 Å². The normalized spacial score (nSPS) is 22.2. The van der Waals surface area contributed by atoms with Crippen molar-refractivity contribution in [2.24, 2.45) is 4.99 Å². The van der Waals surface area contributed by atoms with E-state index in [-0.39, 0.29) is 24.0 Å². The second-order valence-electron chi connectivity index (χ2n) is 5.00. The molecule has 1 unspecified atom stereocenters. The maximum atomic E-state index is 4.29. The Kier molecular flexibility index (Phi) is 7.65. The Balaban J connectivity index is 0.00000200. The fourth-order valence-electron chi connectivity index (χ4n) is 2.14. The van der Waals surface area contributed by atoms with Crippen molar-refractivity contribution in [1.29, 1.82) is 0 Å². The lowest BCUT2D eigenvalue weighted by atomic mass is 10.1. The molecular formula is C14H23IN4S. The molecule has 112 valence electrons. The molecule has 0 amide bonds. The number of aromatic nitrogens is 1. The van der Waals surface area contributed by atoms with Crippen molar-refractivity contribution in [3.05, 3.63) is 30.1 Å². The molecule has 2 N–H and O–H groups in total. The van der Waals surface area contributed by atoms with Gasteiger partial charge in [0.1, 0.15) is 0 Å². The Hall–Kier alpha value is -0.500. The zero-order valence-electron chi connectivity index (χ0n) is 12.1. The van der Waals surface area contributed by atoms with Crippen molar-refractivity contribution in [3.8, 4) is 0 Å². The molecule has 4 nitrogen and oxygen atoms in total. The van der Waals surface area contributed by atoms with Gasteiger partial charge in [0.15, 0.2) is 5.96 Å². The molecule has 1 aliphatic heterocycles. The summed E-state index contributed by atoms with van der Waals surface area (Å²) in [7, 11) is 1.80. The lowest BCUT2D eigenvalue weighted by Crippen LogP contribution is -2.43. The summed E-state index contributed by atoms with van der Waals surface area (Å²) in [4.78, 5) is 8.54. The van der Waals surface area contributed by atoms with Crippen LogP contribution >= 0.6 is 35.7 Å². The molecule has 1 aliphatic rings. The molecule has 0 radical (unpaired) electrons. The predicted molar refractivity (Wildman–Crippen MR) is 98.0 cm³/mol. The third-order valence-corrected chi connectivity index (χ3v) is 4.86. The van der Waals surface area contributed by atoms with Gasteiger partial charge in [-0.05, 0) is 37.7 Å². The minimum atomic E-state index is 0. The Morgan fingerprint density at radius 3 is 2.90 bits per heavy atom. The number of thioether (sulfide) groups is 1. The maximum Gasteiger partial charge on any atom is 0.191 e. The highest BCUT2D eigenvalue weighted by Crippen LogP contribution is 2.36. The zero-order chi connectivity index (χ0) is 13.6. The van der Waals surface area contributed by atoms with E-state index < -0.39 is 0 Å². The maximum absolute atomic E-state index is 4.29. The van der Waals surface area contributed by atoms with Crippen LogP contribution in [0.1, 0.15) is 25.5 Å². The van der Waals surface area contributed by atoms with Crippen LogP contribution in [-0.2, 0) is 6.54 Å². The number of halogens is 1. The Bertz CT molecular complexity index is 418. The molecule has 0 saturated carbocycles. The molecule has 0 bridgehead atoms. The third-order valence-electron chi connectivity index (χ3n) is 3.32. The molecule has 2 heterocycles. The van der Waals surface area contributed by atoms with Crippen molar-refractivity contribution in [2.75, 3.05) is 19.3 Å². The molecule has 0 spiro atoms. The summed E-state index contributed by atoms with van der Waals surface area (Å²) in [6.45, 7) is 3.98. The second-order valence-corrected chi connectivity index (χ2v) is 6.68. The first-order valence-electron chi connectivity index (χ1n) is 6.70. The van der Waals surface area contributed by atoms with Gasteiger partial charge < -0.3 is 10.6 Å². The van der Waals surface area contributed by atoms with Crippen molar-refractivity contribution < 1.29 is 0 Å². The Labute approximate surface area is 142 Å². The summed E-state index contributed by atoms with van der Waals surface area (Å²) in [6, 6.07) is 5.93. The molecule has 1 saturated heterocycles. The number of rotatable bonds is 4.